The second-order valence-electron chi connectivity index (χ2n) is 4.46. The topological polar surface area (TPSA) is 22.1 Å². The maximum absolute atomic E-state index is 5.57. The third-order valence-electron chi connectivity index (χ3n) is 2.97. The first kappa shape index (κ1) is 21.4. The molecule has 0 aliphatic heterocycles. The zero-order chi connectivity index (χ0) is 18.4. The lowest BCUT2D eigenvalue weighted by Gasteiger charge is -2.10. The molecule has 0 spiro atoms. The predicted octanol–water partition coefficient (Wildman–Crippen LogP) is 6.57. The zero-order valence-corrected chi connectivity index (χ0v) is 15.4. The molecule has 0 unspecified atom stereocenters. The molecule has 0 atom stereocenters. The van der Waals surface area contributed by atoms with Gasteiger partial charge in [0.2, 0.25) is 5.88 Å². The first-order chi connectivity index (χ1) is 11.7. The van der Waals surface area contributed by atoms with E-state index in [0.29, 0.717) is 12.5 Å². The van der Waals surface area contributed by atoms with Crippen LogP contribution in [-0.4, -0.2) is 11.6 Å². The summed E-state index contributed by atoms with van der Waals surface area (Å²) >= 11 is 0. The number of benzene rings is 1. The van der Waals surface area contributed by atoms with Gasteiger partial charge < -0.3 is 4.74 Å². The highest BCUT2D eigenvalue weighted by molar-refractivity contribution is 5.71. The average Bonchev–Trinajstić information content (AvgIpc) is 2.66. The Hall–Kier alpha value is -2.61. The van der Waals surface area contributed by atoms with Crippen LogP contribution in [-0.2, 0) is 0 Å². The lowest BCUT2D eigenvalue weighted by Crippen LogP contribution is -1.97. The van der Waals surface area contributed by atoms with Gasteiger partial charge in [-0.05, 0) is 36.6 Å². The van der Waals surface area contributed by atoms with Crippen LogP contribution in [0.4, 0.5) is 0 Å². The lowest BCUT2D eigenvalue weighted by atomic mass is 10.0. The molecule has 0 aliphatic rings. The van der Waals surface area contributed by atoms with Gasteiger partial charge in [-0.15, -0.1) is 13.2 Å². The van der Waals surface area contributed by atoms with Gasteiger partial charge in [0.25, 0.3) is 0 Å². The first-order valence-corrected chi connectivity index (χ1v) is 8.24. The fourth-order valence-electron chi connectivity index (χ4n) is 1.99. The molecule has 0 N–H and O–H groups in total. The summed E-state index contributed by atoms with van der Waals surface area (Å²) in [5.74, 6) is 0.653. The van der Waals surface area contributed by atoms with Gasteiger partial charge in [0.05, 0.1) is 12.3 Å². The minimum Gasteiger partial charge on any atom is -0.478 e. The fourth-order valence-corrected chi connectivity index (χ4v) is 1.99. The van der Waals surface area contributed by atoms with E-state index in [2.05, 4.69) is 42.9 Å². The molecule has 2 rings (SSSR count). The second-order valence-corrected chi connectivity index (χ2v) is 4.46. The summed E-state index contributed by atoms with van der Waals surface area (Å²) in [6.45, 7) is 18.3. The SMILES string of the molecule is C=C.C=C/C=C(\C)c1cc(-c2ccccc2)cc(OCC)n1.CC. The summed E-state index contributed by atoms with van der Waals surface area (Å²) < 4.78 is 5.57. The second kappa shape index (κ2) is 12.9. The molecule has 1 heterocycles. The van der Waals surface area contributed by atoms with Crippen LogP contribution in [0.15, 0.2) is 74.4 Å². The average molecular weight is 323 g/mol. The van der Waals surface area contributed by atoms with E-state index >= 15 is 0 Å². The number of aromatic nitrogens is 1. The number of rotatable bonds is 5. The van der Waals surface area contributed by atoms with Crippen molar-refractivity contribution in [1.29, 1.82) is 0 Å². The van der Waals surface area contributed by atoms with Crippen molar-refractivity contribution in [3.05, 3.63) is 80.0 Å². The van der Waals surface area contributed by atoms with Crippen molar-refractivity contribution in [2.75, 3.05) is 6.61 Å². The molecule has 0 fully saturated rings. The summed E-state index contributed by atoms with van der Waals surface area (Å²) in [6, 6.07) is 14.3. The van der Waals surface area contributed by atoms with Gasteiger partial charge in [0, 0.05) is 6.07 Å². The molecule has 2 heteroatoms. The maximum atomic E-state index is 5.57. The van der Waals surface area contributed by atoms with E-state index in [1.165, 1.54) is 0 Å². The summed E-state index contributed by atoms with van der Waals surface area (Å²) in [7, 11) is 0. The quantitative estimate of drug-likeness (QED) is 0.459. The molecular formula is C22H29NO. The van der Waals surface area contributed by atoms with E-state index in [9.17, 15) is 0 Å². The molecule has 0 radical (unpaired) electrons. The van der Waals surface area contributed by atoms with Gasteiger partial charge >= 0.3 is 0 Å². The Morgan fingerprint density at radius 3 is 2.25 bits per heavy atom. The van der Waals surface area contributed by atoms with Crippen molar-refractivity contribution in [2.45, 2.75) is 27.7 Å². The molecule has 24 heavy (non-hydrogen) atoms. The van der Waals surface area contributed by atoms with E-state index < -0.39 is 0 Å². The zero-order valence-electron chi connectivity index (χ0n) is 15.4. The fraction of sp³-hybridized carbons (Fsp3) is 0.227. The summed E-state index contributed by atoms with van der Waals surface area (Å²) in [5, 5.41) is 0. The van der Waals surface area contributed by atoms with Crippen LogP contribution in [0.1, 0.15) is 33.4 Å². The number of allylic oxidation sites excluding steroid dienone is 3. The van der Waals surface area contributed by atoms with Crippen LogP contribution in [0.3, 0.4) is 0 Å². The highest BCUT2D eigenvalue weighted by Gasteiger charge is 2.06. The molecular weight excluding hydrogens is 294 g/mol. The smallest absolute Gasteiger partial charge is 0.214 e. The van der Waals surface area contributed by atoms with Crippen LogP contribution in [0.25, 0.3) is 16.7 Å². The highest BCUT2D eigenvalue weighted by Crippen LogP contribution is 2.26. The van der Waals surface area contributed by atoms with E-state index in [0.717, 1.165) is 22.4 Å². The third-order valence-corrected chi connectivity index (χ3v) is 2.97. The number of pyridine rings is 1. The Balaban J connectivity index is 0.00000123. The largest absolute Gasteiger partial charge is 0.478 e. The number of hydrogen-bond acceptors (Lipinski definition) is 2. The highest BCUT2D eigenvalue weighted by atomic mass is 16.5. The monoisotopic (exact) mass is 323 g/mol. The van der Waals surface area contributed by atoms with Gasteiger partial charge in [-0.25, -0.2) is 4.98 Å². The van der Waals surface area contributed by atoms with Gasteiger partial charge in [0.1, 0.15) is 0 Å². The van der Waals surface area contributed by atoms with Gasteiger partial charge in [-0.3, -0.25) is 0 Å². The first-order valence-electron chi connectivity index (χ1n) is 8.24. The van der Waals surface area contributed by atoms with E-state index in [1.807, 2.05) is 58.0 Å². The standard InChI is InChI=1S/C18H19NO.C2H6.C2H4/c1-4-9-14(3)17-12-16(13-18(19-17)20-5-2)15-10-7-6-8-11-15;2*1-2/h4,6-13H,1,5H2,2-3H3;1-2H3;1-2H2/b14-9+;;. The summed E-state index contributed by atoms with van der Waals surface area (Å²) in [5.41, 5.74) is 4.24. The van der Waals surface area contributed by atoms with Crippen molar-refractivity contribution in [1.82, 2.24) is 4.98 Å². The third kappa shape index (κ3) is 6.66. The van der Waals surface area contributed by atoms with Crippen LogP contribution in [0, 0.1) is 0 Å². The molecule has 2 aromatic rings. The van der Waals surface area contributed by atoms with Crippen molar-refractivity contribution in [3.63, 3.8) is 0 Å². The normalized spacial score (nSPS) is 9.75. The molecule has 0 aliphatic carbocycles. The maximum Gasteiger partial charge on any atom is 0.214 e. The Morgan fingerprint density at radius 1 is 1.08 bits per heavy atom. The van der Waals surface area contributed by atoms with E-state index in [1.54, 1.807) is 6.08 Å². The van der Waals surface area contributed by atoms with E-state index in [-0.39, 0.29) is 0 Å². The van der Waals surface area contributed by atoms with Gasteiger partial charge in [-0.2, -0.15) is 0 Å². The van der Waals surface area contributed by atoms with Crippen LogP contribution in [0.2, 0.25) is 0 Å². The van der Waals surface area contributed by atoms with Crippen LogP contribution in [0.5, 0.6) is 5.88 Å². The molecule has 0 bridgehead atoms. The molecule has 0 saturated carbocycles. The van der Waals surface area contributed by atoms with Crippen molar-refractivity contribution < 1.29 is 4.74 Å². The van der Waals surface area contributed by atoms with E-state index in [4.69, 9.17) is 4.74 Å². The molecule has 2 nitrogen and oxygen atoms in total. The van der Waals surface area contributed by atoms with Crippen LogP contribution >= 0.6 is 0 Å². The Morgan fingerprint density at radius 2 is 1.71 bits per heavy atom. The van der Waals surface area contributed by atoms with Crippen LogP contribution < -0.4 is 4.74 Å². The van der Waals surface area contributed by atoms with Crippen molar-refractivity contribution in [3.8, 4) is 17.0 Å². The molecule has 128 valence electrons. The predicted molar refractivity (Wildman–Crippen MR) is 107 cm³/mol. The minimum atomic E-state index is 0.606. The van der Waals surface area contributed by atoms with Crippen molar-refractivity contribution >= 4 is 5.57 Å². The number of hydrogen-bond donors (Lipinski definition) is 0. The Labute approximate surface area is 147 Å². The molecule has 0 saturated heterocycles. The Bertz CT molecular complexity index is 630. The molecule has 1 aromatic carbocycles. The summed E-state index contributed by atoms with van der Waals surface area (Å²) in [4.78, 5) is 4.53. The summed E-state index contributed by atoms with van der Waals surface area (Å²) in [6.07, 6.45) is 3.72. The Kier molecular flexibility index (Phi) is 11.5. The minimum absolute atomic E-state index is 0.606. The van der Waals surface area contributed by atoms with Gasteiger partial charge in [0.15, 0.2) is 0 Å². The van der Waals surface area contributed by atoms with Crippen molar-refractivity contribution in [2.24, 2.45) is 0 Å². The molecule has 1 aromatic heterocycles. The lowest BCUT2D eigenvalue weighted by molar-refractivity contribution is 0.327. The van der Waals surface area contributed by atoms with Gasteiger partial charge in [-0.1, -0.05) is 62.9 Å². The number of nitrogens with zero attached hydrogens (tertiary/aromatic N) is 1. The number of ether oxygens (including phenoxy) is 1. The molecule has 0 amide bonds.